The summed E-state index contributed by atoms with van der Waals surface area (Å²) in [6.45, 7) is 12.6. The van der Waals surface area contributed by atoms with Crippen LogP contribution in [0, 0.1) is 0 Å². The lowest BCUT2D eigenvalue weighted by molar-refractivity contribution is 0.0725. The molecule has 4 rings (SSSR count). The number of benzene rings is 4. The van der Waals surface area contributed by atoms with Gasteiger partial charge >= 0.3 is 11.9 Å². The highest BCUT2D eigenvalue weighted by atomic mass is 16.5. The van der Waals surface area contributed by atoms with Crippen LogP contribution < -0.4 is 14.9 Å². The second kappa shape index (κ2) is 12.2. The minimum atomic E-state index is -0.486. The van der Waals surface area contributed by atoms with Crippen molar-refractivity contribution >= 4 is 23.3 Å². The molecule has 41 heavy (non-hydrogen) atoms. The number of rotatable bonds is 7. The molecule has 1 N–H and O–H groups in total. The summed E-state index contributed by atoms with van der Waals surface area (Å²) in [5, 5.41) is 8.19. The first-order valence-corrected chi connectivity index (χ1v) is 13.4. The van der Waals surface area contributed by atoms with Crippen molar-refractivity contribution in [2.45, 2.75) is 52.4 Å². The minimum Gasteiger partial charge on any atom is -0.423 e. The maximum absolute atomic E-state index is 12.8. The van der Waals surface area contributed by atoms with Gasteiger partial charge in [-0.25, -0.2) is 9.59 Å². The predicted molar refractivity (Wildman–Crippen MR) is 161 cm³/mol. The van der Waals surface area contributed by atoms with E-state index in [1.807, 2.05) is 36.4 Å². The largest absolute Gasteiger partial charge is 0.423 e. The SMILES string of the molecule is CC(C)(C)c1cccc(OC(=O)c2cccc(/N=N/Nc3cccc(C(=O)Oc4cccc(C(C)(C)C)c4)c3)c2)c1. The highest BCUT2D eigenvalue weighted by Gasteiger charge is 2.17. The van der Waals surface area contributed by atoms with Crippen LogP contribution in [0.25, 0.3) is 0 Å². The van der Waals surface area contributed by atoms with Gasteiger partial charge in [0.05, 0.1) is 22.5 Å². The van der Waals surface area contributed by atoms with Crippen molar-refractivity contribution in [2.24, 2.45) is 10.3 Å². The summed E-state index contributed by atoms with van der Waals surface area (Å²) in [7, 11) is 0. The zero-order valence-electron chi connectivity index (χ0n) is 24.3. The van der Waals surface area contributed by atoms with E-state index in [9.17, 15) is 9.59 Å². The average molecular weight is 550 g/mol. The molecule has 0 aliphatic carbocycles. The molecule has 0 amide bonds. The molecule has 7 nitrogen and oxygen atoms in total. The van der Waals surface area contributed by atoms with E-state index in [0.29, 0.717) is 34.0 Å². The van der Waals surface area contributed by atoms with Gasteiger partial charge < -0.3 is 9.47 Å². The van der Waals surface area contributed by atoms with E-state index >= 15 is 0 Å². The molecular formula is C34H35N3O4. The second-order valence-electron chi connectivity index (χ2n) is 11.8. The van der Waals surface area contributed by atoms with Gasteiger partial charge in [0.2, 0.25) is 0 Å². The second-order valence-corrected chi connectivity index (χ2v) is 11.8. The maximum atomic E-state index is 12.8. The number of hydrogen-bond donors (Lipinski definition) is 1. The fraction of sp³-hybridized carbons (Fsp3) is 0.235. The van der Waals surface area contributed by atoms with Gasteiger partial charge in [-0.2, -0.15) is 0 Å². The van der Waals surface area contributed by atoms with Crippen molar-refractivity contribution in [2.75, 3.05) is 5.43 Å². The van der Waals surface area contributed by atoms with Crippen molar-refractivity contribution in [3.05, 3.63) is 119 Å². The number of ether oxygens (including phenoxy) is 2. The molecule has 210 valence electrons. The number of nitrogens with one attached hydrogen (secondary N) is 1. The summed E-state index contributed by atoms with van der Waals surface area (Å²) in [6, 6.07) is 28.5. The number of carbonyl (C=O) groups excluding carboxylic acids is 2. The van der Waals surface area contributed by atoms with Gasteiger partial charge in [-0.05, 0) is 82.6 Å². The van der Waals surface area contributed by atoms with Crippen LogP contribution in [-0.2, 0) is 10.8 Å². The lowest BCUT2D eigenvalue weighted by atomic mass is 9.87. The molecule has 0 aromatic heterocycles. The van der Waals surface area contributed by atoms with Crippen LogP contribution in [0.4, 0.5) is 11.4 Å². The fourth-order valence-electron chi connectivity index (χ4n) is 3.94. The molecule has 0 saturated heterocycles. The molecule has 0 heterocycles. The van der Waals surface area contributed by atoms with Gasteiger partial charge in [-0.1, -0.05) is 83.2 Å². The molecule has 0 unspecified atom stereocenters. The summed E-state index contributed by atoms with van der Waals surface area (Å²) in [5.74, 6) is 0.00782. The topological polar surface area (TPSA) is 89.4 Å². The third kappa shape index (κ3) is 8.11. The molecule has 4 aromatic carbocycles. The van der Waals surface area contributed by atoms with Crippen LogP contribution in [0.2, 0.25) is 0 Å². The Bertz CT molecular complexity index is 1580. The van der Waals surface area contributed by atoms with Crippen molar-refractivity contribution in [3.63, 3.8) is 0 Å². The third-order valence-electron chi connectivity index (χ3n) is 6.35. The molecule has 0 fully saturated rings. The van der Waals surface area contributed by atoms with E-state index in [1.165, 1.54) is 0 Å². The number of carbonyl (C=O) groups is 2. The van der Waals surface area contributed by atoms with Crippen LogP contribution in [0.3, 0.4) is 0 Å². The van der Waals surface area contributed by atoms with Crippen molar-refractivity contribution < 1.29 is 19.1 Å². The minimum absolute atomic E-state index is 0.0604. The molecule has 0 atom stereocenters. The molecule has 0 spiro atoms. The first-order valence-electron chi connectivity index (χ1n) is 13.4. The Balaban J connectivity index is 1.39. The normalized spacial score (nSPS) is 11.8. The Morgan fingerprint density at radius 2 is 1.10 bits per heavy atom. The van der Waals surface area contributed by atoms with Crippen molar-refractivity contribution in [1.29, 1.82) is 0 Å². The summed E-state index contributed by atoms with van der Waals surface area (Å²) in [5.41, 5.74) is 6.59. The molecule has 0 aliphatic heterocycles. The van der Waals surface area contributed by atoms with Gasteiger partial charge in [-0.15, -0.1) is 5.11 Å². The van der Waals surface area contributed by atoms with Gasteiger partial charge in [0.15, 0.2) is 0 Å². The Labute approximate surface area is 241 Å². The number of nitrogens with zero attached hydrogens (tertiary/aromatic N) is 2. The van der Waals surface area contributed by atoms with Crippen molar-refractivity contribution in [1.82, 2.24) is 0 Å². The Morgan fingerprint density at radius 3 is 1.63 bits per heavy atom. The monoisotopic (exact) mass is 549 g/mol. The number of hydrogen-bond acceptors (Lipinski definition) is 6. The van der Waals surface area contributed by atoms with E-state index in [4.69, 9.17) is 9.47 Å². The third-order valence-corrected chi connectivity index (χ3v) is 6.35. The quantitative estimate of drug-likeness (QED) is 0.108. The van der Waals surface area contributed by atoms with E-state index in [2.05, 4.69) is 57.3 Å². The Kier molecular flexibility index (Phi) is 8.67. The maximum Gasteiger partial charge on any atom is 0.343 e. The van der Waals surface area contributed by atoms with Crippen LogP contribution >= 0.6 is 0 Å². The molecule has 7 heteroatoms. The molecule has 4 aromatic rings. The lowest BCUT2D eigenvalue weighted by Gasteiger charge is -2.19. The summed E-state index contributed by atoms with van der Waals surface area (Å²) in [6.07, 6.45) is 0. The number of anilines is 1. The van der Waals surface area contributed by atoms with Gasteiger partial charge in [0, 0.05) is 0 Å². The van der Waals surface area contributed by atoms with Crippen LogP contribution in [0.5, 0.6) is 11.5 Å². The molecule has 0 aliphatic rings. The Morgan fingerprint density at radius 1 is 0.610 bits per heavy atom. The molecule has 0 bridgehead atoms. The zero-order chi connectivity index (χ0) is 29.6. The van der Waals surface area contributed by atoms with Crippen molar-refractivity contribution in [3.8, 4) is 11.5 Å². The summed E-state index contributed by atoms with van der Waals surface area (Å²) >= 11 is 0. The first kappa shape index (κ1) is 29.2. The highest BCUT2D eigenvalue weighted by Crippen LogP contribution is 2.27. The molecule has 0 radical (unpaired) electrons. The first-order chi connectivity index (χ1) is 19.4. The molecule has 0 saturated carbocycles. The summed E-state index contributed by atoms with van der Waals surface area (Å²) in [4.78, 5) is 25.5. The van der Waals surface area contributed by atoms with Crippen LogP contribution in [-0.4, -0.2) is 11.9 Å². The zero-order valence-corrected chi connectivity index (χ0v) is 24.3. The van der Waals surface area contributed by atoms with Gasteiger partial charge in [0.1, 0.15) is 11.5 Å². The smallest absolute Gasteiger partial charge is 0.343 e. The van der Waals surface area contributed by atoms with E-state index < -0.39 is 11.9 Å². The molecular weight excluding hydrogens is 514 g/mol. The van der Waals surface area contributed by atoms with Crippen LogP contribution in [0.15, 0.2) is 107 Å². The predicted octanol–water partition coefficient (Wildman–Crippen LogP) is 8.83. The fourth-order valence-corrected chi connectivity index (χ4v) is 3.94. The van der Waals surface area contributed by atoms with E-state index in [0.717, 1.165) is 11.1 Å². The standard InChI is InChI=1S/C34H35N3O4/c1-33(2,3)25-13-9-17-29(21-25)40-31(38)23-11-7-15-27(19-23)35-37-36-28-16-8-12-24(20-28)32(39)41-30-18-10-14-26(22-30)34(4,5)6/h7-22H,1-6H3,(H,35,36). The van der Waals surface area contributed by atoms with E-state index in [-0.39, 0.29) is 10.8 Å². The van der Waals surface area contributed by atoms with E-state index in [1.54, 1.807) is 60.7 Å². The van der Waals surface area contributed by atoms with Gasteiger partial charge in [-0.3, -0.25) is 5.43 Å². The highest BCUT2D eigenvalue weighted by molar-refractivity contribution is 5.92. The number of esters is 2. The summed E-state index contributed by atoms with van der Waals surface area (Å²) < 4.78 is 11.2. The van der Waals surface area contributed by atoms with Gasteiger partial charge in [0.25, 0.3) is 0 Å². The average Bonchev–Trinajstić information content (AvgIpc) is 2.93. The van der Waals surface area contributed by atoms with Crippen LogP contribution in [0.1, 0.15) is 73.4 Å². The Hall–Kier alpha value is -4.78. The lowest BCUT2D eigenvalue weighted by Crippen LogP contribution is -2.12.